The molecule has 0 aliphatic rings. The predicted molar refractivity (Wildman–Crippen MR) is 108 cm³/mol. The third kappa shape index (κ3) is 4.85. The molecule has 0 saturated carbocycles. The average molecular weight is 381 g/mol. The maximum absolute atomic E-state index is 13.2. The molecule has 2 aromatic rings. The number of hydrogen-bond acceptors (Lipinski definition) is 6. The Hall–Kier alpha value is -3.41. The lowest BCUT2D eigenvalue weighted by Crippen LogP contribution is -2.12. The Morgan fingerprint density at radius 1 is 1.04 bits per heavy atom. The standard InChI is InChI=1S/C22H23NO5/c1-6-8-16-12-19(14(2)23-27-5)20(13-21(16)28-15(3)24)22(25)17-9-7-10-18(11-17)26-4/h6-13H,1-5H3/b8-6+,23-14+. The fourth-order valence-corrected chi connectivity index (χ4v) is 2.74. The van der Waals surface area contributed by atoms with Crippen molar-refractivity contribution in [1.29, 1.82) is 0 Å². The van der Waals surface area contributed by atoms with Crippen LogP contribution in [0.2, 0.25) is 0 Å². The summed E-state index contributed by atoms with van der Waals surface area (Å²) >= 11 is 0. The third-order valence-corrected chi connectivity index (χ3v) is 3.94. The van der Waals surface area contributed by atoms with Gasteiger partial charge in [0.25, 0.3) is 0 Å². The first kappa shape index (κ1) is 20.9. The largest absolute Gasteiger partial charge is 0.497 e. The minimum absolute atomic E-state index is 0.250. The van der Waals surface area contributed by atoms with Crippen LogP contribution in [-0.4, -0.2) is 31.7 Å². The van der Waals surface area contributed by atoms with E-state index < -0.39 is 5.97 Å². The molecule has 0 amide bonds. The molecule has 2 aromatic carbocycles. The molecule has 0 aromatic heterocycles. The summed E-state index contributed by atoms with van der Waals surface area (Å²) in [6.45, 7) is 4.91. The highest BCUT2D eigenvalue weighted by Gasteiger charge is 2.20. The smallest absolute Gasteiger partial charge is 0.308 e. The van der Waals surface area contributed by atoms with Crippen molar-refractivity contribution in [2.24, 2.45) is 5.16 Å². The summed E-state index contributed by atoms with van der Waals surface area (Å²) in [5.41, 5.74) is 2.54. The van der Waals surface area contributed by atoms with E-state index in [-0.39, 0.29) is 5.78 Å². The normalized spacial score (nSPS) is 11.4. The Labute approximate surface area is 164 Å². The number of rotatable bonds is 7. The molecule has 146 valence electrons. The van der Waals surface area contributed by atoms with E-state index in [0.29, 0.717) is 39.5 Å². The number of hydrogen-bond donors (Lipinski definition) is 0. The Bertz CT molecular complexity index is 944. The molecule has 0 radical (unpaired) electrons. The van der Waals surface area contributed by atoms with Crippen molar-refractivity contribution in [3.63, 3.8) is 0 Å². The highest BCUT2D eigenvalue weighted by Crippen LogP contribution is 2.29. The van der Waals surface area contributed by atoms with E-state index in [1.165, 1.54) is 21.1 Å². The Morgan fingerprint density at radius 3 is 2.39 bits per heavy atom. The minimum atomic E-state index is -0.472. The quantitative estimate of drug-likeness (QED) is 0.236. The molecule has 0 bridgehead atoms. The number of oxime groups is 1. The number of nitrogens with zero attached hydrogens (tertiary/aromatic N) is 1. The summed E-state index contributed by atoms with van der Waals surface area (Å²) in [6.07, 6.45) is 3.61. The first-order valence-corrected chi connectivity index (χ1v) is 8.67. The van der Waals surface area contributed by atoms with Crippen LogP contribution in [-0.2, 0) is 9.63 Å². The second-order valence-electron chi connectivity index (χ2n) is 5.95. The summed E-state index contributed by atoms with van der Waals surface area (Å²) in [5, 5.41) is 3.97. The van der Waals surface area contributed by atoms with E-state index in [4.69, 9.17) is 14.3 Å². The van der Waals surface area contributed by atoms with E-state index in [1.54, 1.807) is 49.4 Å². The van der Waals surface area contributed by atoms with Gasteiger partial charge in [-0.25, -0.2) is 0 Å². The zero-order valence-corrected chi connectivity index (χ0v) is 16.6. The lowest BCUT2D eigenvalue weighted by Gasteiger charge is -2.14. The molecular weight excluding hydrogens is 358 g/mol. The van der Waals surface area contributed by atoms with Gasteiger partial charge in [-0.3, -0.25) is 9.59 Å². The molecule has 0 N–H and O–H groups in total. The third-order valence-electron chi connectivity index (χ3n) is 3.94. The van der Waals surface area contributed by atoms with Crippen LogP contribution >= 0.6 is 0 Å². The van der Waals surface area contributed by atoms with E-state index in [1.807, 2.05) is 13.0 Å². The highest BCUT2D eigenvalue weighted by molar-refractivity contribution is 6.17. The number of carbonyl (C=O) groups is 2. The molecule has 0 heterocycles. The van der Waals surface area contributed by atoms with Crippen LogP contribution in [0.25, 0.3) is 6.08 Å². The molecule has 28 heavy (non-hydrogen) atoms. The van der Waals surface area contributed by atoms with Crippen molar-refractivity contribution in [3.05, 3.63) is 64.7 Å². The highest BCUT2D eigenvalue weighted by atomic mass is 16.6. The topological polar surface area (TPSA) is 74.2 Å². The summed E-state index contributed by atoms with van der Waals surface area (Å²) < 4.78 is 10.5. The molecule has 0 aliphatic heterocycles. The minimum Gasteiger partial charge on any atom is -0.497 e. The fourth-order valence-electron chi connectivity index (χ4n) is 2.74. The van der Waals surface area contributed by atoms with Crippen LogP contribution in [0.15, 0.2) is 47.6 Å². The number of ether oxygens (including phenoxy) is 2. The maximum atomic E-state index is 13.2. The molecular formula is C22H23NO5. The molecule has 0 aliphatic carbocycles. The molecule has 6 nitrogen and oxygen atoms in total. The molecule has 6 heteroatoms. The Balaban J connectivity index is 2.72. The van der Waals surface area contributed by atoms with Crippen LogP contribution < -0.4 is 9.47 Å². The number of benzene rings is 2. The molecule has 0 unspecified atom stereocenters. The van der Waals surface area contributed by atoms with Gasteiger partial charge in [0.05, 0.1) is 12.8 Å². The van der Waals surface area contributed by atoms with Gasteiger partial charge in [-0.1, -0.05) is 29.4 Å². The lowest BCUT2D eigenvalue weighted by molar-refractivity contribution is -0.131. The van der Waals surface area contributed by atoms with Gasteiger partial charge < -0.3 is 14.3 Å². The second kappa shape index (κ2) is 9.50. The van der Waals surface area contributed by atoms with E-state index in [9.17, 15) is 9.59 Å². The van der Waals surface area contributed by atoms with Gasteiger partial charge in [0.2, 0.25) is 0 Å². The SMILES string of the molecule is C/C=C/c1cc(/C(C)=N/OC)c(C(=O)c2cccc(OC)c2)cc1OC(C)=O. The monoisotopic (exact) mass is 381 g/mol. The predicted octanol–water partition coefficient (Wildman–Crippen LogP) is 4.26. The van der Waals surface area contributed by atoms with Crippen LogP contribution in [0.1, 0.15) is 47.8 Å². The van der Waals surface area contributed by atoms with E-state index in [0.717, 1.165) is 0 Å². The van der Waals surface area contributed by atoms with E-state index in [2.05, 4.69) is 5.16 Å². The van der Waals surface area contributed by atoms with Crippen molar-refractivity contribution in [3.8, 4) is 11.5 Å². The van der Waals surface area contributed by atoms with Gasteiger partial charge in [-0.2, -0.15) is 0 Å². The summed E-state index contributed by atoms with van der Waals surface area (Å²) in [6, 6.07) is 10.2. The Morgan fingerprint density at radius 2 is 1.79 bits per heavy atom. The molecule has 2 rings (SSSR count). The van der Waals surface area contributed by atoms with Crippen LogP contribution in [0.5, 0.6) is 11.5 Å². The number of ketones is 1. The van der Waals surface area contributed by atoms with Crippen LogP contribution in [0.4, 0.5) is 0 Å². The number of carbonyl (C=O) groups excluding carboxylic acids is 2. The first-order valence-electron chi connectivity index (χ1n) is 8.67. The van der Waals surface area contributed by atoms with Gasteiger partial charge in [0, 0.05) is 29.2 Å². The van der Waals surface area contributed by atoms with Crippen molar-refractivity contribution < 1.29 is 23.9 Å². The molecule has 0 saturated heterocycles. The lowest BCUT2D eigenvalue weighted by atomic mass is 9.93. The molecule has 0 atom stereocenters. The summed E-state index contributed by atoms with van der Waals surface area (Å²) in [5.74, 6) is 0.145. The fraction of sp³-hybridized carbons (Fsp3) is 0.227. The molecule has 0 spiro atoms. The first-order chi connectivity index (χ1) is 13.4. The van der Waals surface area contributed by atoms with Crippen molar-refractivity contribution in [2.45, 2.75) is 20.8 Å². The van der Waals surface area contributed by atoms with Crippen LogP contribution in [0.3, 0.4) is 0 Å². The average Bonchev–Trinajstić information content (AvgIpc) is 2.68. The zero-order chi connectivity index (χ0) is 20.7. The summed E-state index contributed by atoms with van der Waals surface area (Å²) in [4.78, 5) is 29.7. The maximum Gasteiger partial charge on any atom is 0.308 e. The van der Waals surface area contributed by atoms with Crippen molar-refractivity contribution in [2.75, 3.05) is 14.2 Å². The van der Waals surface area contributed by atoms with Crippen molar-refractivity contribution in [1.82, 2.24) is 0 Å². The number of esters is 1. The van der Waals surface area contributed by atoms with Gasteiger partial charge >= 0.3 is 5.97 Å². The van der Waals surface area contributed by atoms with Gasteiger partial charge in [-0.05, 0) is 38.1 Å². The van der Waals surface area contributed by atoms with Gasteiger partial charge in [0.15, 0.2) is 5.78 Å². The zero-order valence-electron chi connectivity index (χ0n) is 16.6. The second-order valence-corrected chi connectivity index (χ2v) is 5.95. The van der Waals surface area contributed by atoms with Gasteiger partial charge in [-0.15, -0.1) is 0 Å². The van der Waals surface area contributed by atoms with Crippen molar-refractivity contribution >= 4 is 23.5 Å². The molecule has 0 fully saturated rings. The van der Waals surface area contributed by atoms with Crippen LogP contribution in [0, 0.1) is 0 Å². The number of methoxy groups -OCH3 is 1. The Kier molecular flexibility index (Phi) is 7.09. The van der Waals surface area contributed by atoms with E-state index >= 15 is 0 Å². The summed E-state index contributed by atoms with van der Waals surface area (Å²) in [7, 11) is 2.97. The number of allylic oxidation sites excluding steroid dienone is 1. The van der Waals surface area contributed by atoms with Gasteiger partial charge in [0.1, 0.15) is 18.6 Å².